The number of urea groups is 1. The number of aliphatic carboxylic acids is 1. The van der Waals surface area contributed by atoms with Crippen LogP contribution in [0.25, 0.3) is 0 Å². The summed E-state index contributed by atoms with van der Waals surface area (Å²) < 4.78 is 0. The van der Waals surface area contributed by atoms with Gasteiger partial charge in [-0.2, -0.15) is 0 Å². The van der Waals surface area contributed by atoms with Gasteiger partial charge in [-0.05, 0) is 19.4 Å². The zero-order valence-corrected chi connectivity index (χ0v) is 11.6. The number of carboxylic acids is 1. The van der Waals surface area contributed by atoms with Gasteiger partial charge >= 0.3 is 12.0 Å². The highest BCUT2D eigenvalue weighted by Gasteiger charge is 2.32. The average Bonchev–Trinajstić information content (AvgIpc) is 2.45. The van der Waals surface area contributed by atoms with Crippen LogP contribution < -0.4 is 0 Å². The number of nitrogens with zero attached hydrogens (tertiary/aromatic N) is 3. The minimum atomic E-state index is -1.04. The van der Waals surface area contributed by atoms with Crippen LogP contribution in [0.15, 0.2) is 0 Å². The van der Waals surface area contributed by atoms with Gasteiger partial charge in [-0.3, -0.25) is 9.69 Å². The predicted octanol–water partition coefficient (Wildman–Crippen LogP) is 0.296. The van der Waals surface area contributed by atoms with E-state index in [1.54, 1.807) is 4.90 Å². The van der Waals surface area contributed by atoms with E-state index >= 15 is 0 Å². The van der Waals surface area contributed by atoms with Gasteiger partial charge < -0.3 is 14.9 Å². The van der Waals surface area contributed by atoms with E-state index < -0.39 is 5.97 Å². The Morgan fingerprint density at radius 2 is 2.10 bits per heavy atom. The molecule has 0 aromatic heterocycles. The minimum Gasteiger partial charge on any atom is -0.480 e. The Kier molecular flexibility index (Phi) is 4.85. The number of hydrogen-bond donors (Lipinski definition) is 1. The van der Waals surface area contributed by atoms with Crippen LogP contribution in [0.2, 0.25) is 0 Å². The van der Waals surface area contributed by atoms with Crippen LogP contribution in [-0.4, -0.2) is 77.1 Å². The molecule has 6 heteroatoms. The lowest BCUT2D eigenvalue weighted by Gasteiger charge is -2.44. The average molecular weight is 279 g/mol. The van der Waals surface area contributed by atoms with E-state index in [2.05, 4.69) is 10.8 Å². The van der Waals surface area contributed by atoms with Crippen LogP contribution >= 0.6 is 0 Å². The van der Waals surface area contributed by atoms with Gasteiger partial charge in [0.15, 0.2) is 0 Å². The summed E-state index contributed by atoms with van der Waals surface area (Å²) in [7, 11) is 0. The molecule has 0 aromatic rings. The molecule has 2 amide bonds. The van der Waals surface area contributed by atoms with Crippen molar-refractivity contribution in [2.24, 2.45) is 0 Å². The lowest BCUT2D eigenvalue weighted by molar-refractivity contribution is -0.137. The molecule has 2 aliphatic rings. The van der Waals surface area contributed by atoms with E-state index in [9.17, 15) is 9.59 Å². The van der Waals surface area contributed by atoms with Crippen molar-refractivity contribution in [1.82, 2.24) is 14.7 Å². The highest BCUT2D eigenvalue weighted by molar-refractivity contribution is 5.80. The van der Waals surface area contributed by atoms with E-state index in [1.807, 2.05) is 0 Å². The molecule has 2 aliphatic heterocycles. The van der Waals surface area contributed by atoms with Gasteiger partial charge in [-0.1, -0.05) is 12.3 Å². The first-order chi connectivity index (χ1) is 9.61. The quantitative estimate of drug-likeness (QED) is 0.755. The Morgan fingerprint density at radius 1 is 1.30 bits per heavy atom. The van der Waals surface area contributed by atoms with Gasteiger partial charge in [0.25, 0.3) is 0 Å². The highest BCUT2D eigenvalue weighted by atomic mass is 16.4. The lowest BCUT2D eigenvalue weighted by atomic mass is 10.00. The standard InChI is InChI=1S/C14H21N3O3/c1-2-6-16(11-13(18)19)14(20)17-9-8-15-7-4-3-5-12(15)10-17/h1,12H,3-11H2,(H,18,19). The second-order valence-corrected chi connectivity index (χ2v) is 5.37. The van der Waals surface area contributed by atoms with Crippen LogP contribution in [0, 0.1) is 12.3 Å². The Morgan fingerprint density at radius 3 is 2.80 bits per heavy atom. The molecule has 0 aromatic carbocycles. The molecule has 2 fully saturated rings. The van der Waals surface area contributed by atoms with Gasteiger partial charge in [-0.25, -0.2) is 4.79 Å². The van der Waals surface area contributed by atoms with E-state index in [0.717, 1.165) is 19.5 Å². The predicted molar refractivity (Wildman–Crippen MR) is 74.2 cm³/mol. The number of carbonyl (C=O) groups excluding carboxylic acids is 1. The van der Waals surface area contributed by atoms with Gasteiger partial charge in [0, 0.05) is 25.7 Å². The summed E-state index contributed by atoms with van der Waals surface area (Å²) in [5, 5.41) is 8.86. The Hall–Kier alpha value is -1.74. The first kappa shape index (κ1) is 14.7. The zero-order valence-electron chi connectivity index (χ0n) is 11.6. The molecule has 1 atom stereocenters. The van der Waals surface area contributed by atoms with Crippen LogP contribution in [0.5, 0.6) is 0 Å². The number of hydrogen-bond acceptors (Lipinski definition) is 3. The number of piperazine rings is 1. The van der Waals surface area contributed by atoms with E-state index in [1.165, 1.54) is 17.7 Å². The number of terminal acetylenes is 1. The van der Waals surface area contributed by atoms with Crippen LogP contribution in [-0.2, 0) is 4.79 Å². The van der Waals surface area contributed by atoms with Gasteiger partial charge in [0.05, 0.1) is 6.54 Å². The lowest BCUT2D eigenvalue weighted by Crippen LogP contribution is -2.58. The van der Waals surface area contributed by atoms with Crippen molar-refractivity contribution in [3.63, 3.8) is 0 Å². The van der Waals surface area contributed by atoms with E-state index in [0.29, 0.717) is 19.1 Å². The first-order valence-corrected chi connectivity index (χ1v) is 7.05. The number of carbonyl (C=O) groups is 2. The topological polar surface area (TPSA) is 64.1 Å². The fraction of sp³-hybridized carbons (Fsp3) is 0.714. The van der Waals surface area contributed by atoms with E-state index in [-0.39, 0.29) is 19.1 Å². The Labute approximate surface area is 119 Å². The van der Waals surface area contributed by atoms with Crippen molar-refractivity contribution in [2.75, 3.05) is 39.3 Å². The van der Waals surface area contributed by atoms with Crippen molar-refractivity contribution in [1.29, 1.82) is 0 Å². The summed E-state index contributed by atoms with van der Waals surface area (Å²) in [5.74, 6) is 1.32. The third kappa shape index (κ3) is 3.42. The molecular formula is C14H21N3O3. The normalized spacial score (nSPS) is 22.8. The van der Waals surface area contributed by atoms with Crippen molar-refractivity contribution >= 4 is 12.0 Å². The summed E-state index contributed by atoms with van der Waals surface area (Å²) in [5.41, 5.74) is 0. The molecule has 1 N–H and O–H groups in total. The minimum absolute atomic E-state index is 0.0377. The summed E-state index contributed by atoms with van der Waals surface area (Å²) in [6, 6.07) is 0.162. The third-order valence-electron chi connectivity index (χ3n) is 3.99. The molecule has 2 rings (SSSR count). The number of piperidine rings is 1. The van der Waals surface area contributed by atoms with Crippen molar-refractivity contribution in [3.8, 4) is 12.3 Å². The molecule has 6 nitrogen and oxygen atoms in total. The molecule has 110 valence electrons. The molecule has 2 saturated heterocycles. The molecule has 0 spiro atoms. The summed E-state index contributed by atoms with van der Waals surface area (Å²) in [6.07, 6.45) is 8.75. The van der Waals surface area contributed by atoms with E-state index in [4.69, 9.17) is 11.5 Å². The molecule has 20 heavy (non-hydrogen) atoms. The maximum Gasteiger partial charge on any atom is 0.323 e. The highest BCUT2D eigenvalue weighted by Crippen LogP contribution is 2.21. The zero-order chi connectivity index (χ0) is 14.5. The number of fused-ring (bicyclic) bond motifs is 1. The third-order valence-corrected chi connectivity index (χ3v) is 3.99. The largest absolute Gasteiger partial charge is 0.480 e. The number of amides is 2. The molecule has 0 bridgehead atoms. The monoisotopic (exact) mass is 279 g/mol. The maximum atomic E-state index is 12.4. The van der Waals surface area contributed by atoms with Gasteiger partial charge in [0.1, 0.15) is 6.54 Å². The van der Waals surface area contributed by atoms with Crippen LogP contribution in [0.3, 0.4) is 0 Å². The first-order valence-electron chi connectivity index (χ1n) is 7.05. The molecule has 2 heterocycles. The second kappa shape index (κ2) is 6.62. The fourth-order valence-corrected chi connectivity index (χ4v) is 2.99. The van der Waals surface area contributed by atoms with Gasteiger partial charge in [0.2, 0.25) is 0 Å². The number of carboxylic acid groups (broad SMARTS) is 1. The molecule has 0 saturated carbocycles. The molecule has 0 radical (unpaired) electrons. The maximum absolute atomic E-state index is 12.4. The number of rotatable bonds is 3. The van der Waals surface area contributed by atoms with Gasteiger partial charge in [-0.15, -0.1) is 6.42 Å². The van der Waals surface area contributed by atoms with Crippen molar-refractivity contribution in [3.05, 3.63) is 0 Å². The van der Waals surface area contributed by atoms with Crippen LogP contribution in [0.4, 0.5) is 4.79 Å². The Bertz CT molecular complexity index is 418. The molecular weight excluding hydrogens is 258 g/mol. The molecule has 0 aliphatic carbocycles. The smallest absolute Gasteiger partial charge is 0.323 e. The Balaban J connectivity index is 1.97. The summed E-state index contributed by atoms with van der Waals surface area (Å²) >= 11 is 0. The van der Waals surface area contributed by atoms with Crippen LogP contribution in [0.1, 0.15) is 19.3 Å². The molecule has 1 unspecified atom stereocenters. The summed E-state index contributed by atoms with van der Waals surface area (Å²) in [4.78, 5) is 28.6. The van der Waals surface area contributed by atoms with Crippen molar-refractivity contribution in [2.45, 2.75) is 25.3 Å². The van der Waals surface area contributed by atoms with Crippen molar-refractivity contribution < 1.29 is 14.7 Å². The summed E-state index contributed by atoms with van der Waals surface area (Å²) in [6.45, 7) is 3.00. The second-order valence-electron chi connectivity index (χ2n) is 5.37. The fourth-order valence-electron chi connectivity index (χ4n) is 2.99. The SMILES string of the molecule is C#CCN(CC(=O)O)C(=O)N1CCN2CCCCC2C1.